The van der Waals surface area contributed by atoms with E-state index in [1.54, 1.807) is 0 Å². The fraction of sp³-hybridized carbons (Fsp3) is 0.476. The van der Waals surface area contributed by atoms with Crippen LogP contribution in [0.2, 0.25) is 0 Å². The average Bonchev–Trinajstić information content (AvgIpc) is 2.98. The highest BCUT2D eigenvalue weighted by Gasteiger charge is 2.27. The van der Waals surface area contributed by atoms with Crippen molar-refractivity contribution in [3.8, 4) is 0 Å². The lowest BCUT2D eigenvalue weighted by atomic mass is 9.86. The number of amides is 2. The third kappa shape index (κ3) is 4.21. The summed E-state index contributed by atoms with van der Waals surface area (Å²) in [5.41, 5.74) is 2.78. The normalized spacial score (nSPS) is 15.1. The number of nitrogens with zero attached hydrogens (tertiary/aromatic N) is 3. The van der Waals surface area contributed by atoms with Gasteiger partial charge in [0.05, 0.1) is 10.7 Å². The van der Waals surface area contributed by atoms with Crippen LogP contribution in [0, 0.1) is 13.8 Å². The van der Waals surface area contributed by atoms with Crippen LogP contribution in [0.25, 0.3) is 0 Å². The van der Waals surface area contributed by atoms with Crippen LogP contribution in [-0.2, 0) is 5.41 Å². The number of hydrogen-bond donors (Lipinski definition) is 0. The highest BCUT2D eigenvalue weighted by Crippen LogP contribution is 2.23. The Labute approximate surface area is 165 Å². The number of carbonyl (C=O) groups is 2. The summed E-state index contributed by atoms with van der Waals surface area (Å²) in [6.07, 6.45) is 0. The molecule has 0 aliphatic carbocycles. The summed E-state index contributed by atoms with van der Waals surface area (Å²) in [6, 6.07) is 7.87. The molecule has 2 aromatic rings. The number of aromatic nitrogens is 1. The van der Waals surface area contributed by atoms with Gasteiger partial charge in [0, 0.05) is 31.7 Å². The van der Waals surface area contributed by atoms with Crippen LogP contribution >= 0.6 is 11.3 Å². The van der Waals surface area contributed by atoms with Gasteiger partial charge < -0.3 is 9.80 Å². The minimum absolute atomic E-state index is 0.0275. The lowest BCUT2D eigenvalue weighted by Crippen LogP contribution is -2.50. The second kappa shape index (κ2) is 7.43. The predicted molar refractivity (Wildman–Crippen MR) is 109 cm³/mol. The Morgan fingerprint density at radius 2 is 1.44 bits per heavy atom. The smallest absolute Gasteiger partial charge is 0.265 e. The molecule has 1 saturated heterocycles. The van der Waals surface area contributed by atoms with E-state index in [0.29, 0.717) is 36.6 Å². The summed E-state index contributed by atoms with van der Waals surface area (Å²) < 4.78 is 0. The number of aryl methyl sites for hydroxylation is 2. The van der Waals surface area contributed by atoms with Crippen LogP contribution in [0.15, 0.2) is 24.3 Å². The van der Waals surface area contributed by atoms with Gasteiger partial charge in [-0.05, 0) is 37.0 Å². The molecule has 27 heavy (non-hydrogen) atoms. The van der Waals surface area contributed by atoms with Crippen molar-refractivity contribution in [3.05, 3.63) is 51.0 Å². The van der Waals surface area contributed by atoms with Crippen LogP contribution in [0.3, 0.4) is 0 Å². The molecule has 1 aliphatic rings. The zero-order chi connectivity index (χ0) is 19.8. The van der Waals surface area contributed by atoms with Crippen molar-refractivity contribution in [3.63, 3.8) is 0 Å². The van der Waals surface area contributed by atoms with E-state index in [1.165, 1.54) is 16.9 Å². The van der Waals surface area contributed by atoms with Gasteiger partial charge in [0.2, 0.25) is 0 Å². The van der Waals surface area contributed by atoms with E-state index < -0.39 is 0 Å². The van der Waals surface area contributed by atoms with Gasteiger partial charge in [0.1, 0.15) is 4.88 Å². The van der Waals surface area contributed by atoms with Crippen molar-refractivity contribution in [2.45, 2.75) is 40.0 Å². The maximum atomic E-state index is 12.8. The molecule has 5 nitrogen and oxygen atoms in total. The number of carbonyl (C=O) groups excluding carboxylic acids is 2. The van der Waals surface area contributed by atoms with Crippen molar-refractivity contribution in [1.29, 1.82) is 0 Å². The monoisotopic (exact) mass is 385 g/mol. The lowest BCUT2D eigenvalue weighted by molar-refractivity contribution is 0.0537. The molecule has 1 aromatic heterocycles. The molecule has 3 rings (SSSR count). The molecule has 1 aromatic carbocycles. The SMILES string of the molecule is Cc1nc(C)c(C(=O)N2CCN(C(=O)c3ccc(C(C)(C)C)cc3)CC2)s1. The number of rotatable bonds is 2. The topological polar surface area (TPSA) is 53.5 Å². The van der Waals surface area contributed by atoms with Gasteiger partial charge in [-0.3, -0.25) is 9.59 Å². The molecule has 1 fully saturated rings. The van der Waals surface area contributed by atoms with Crippen molar-refractivity contribution in [1.82, 2.24) is 14.8 Å². The van der Waals surface area contributed by atoms with Crippen LogP contribution in [0.1, 0.15) is 57.1 Å². The Hall–Kier alpha value is -2.21. The largest absolute Gasteiger partial charge is 0.335 e. The number of thiazole rings is 1. The maximum absolute atomic E-state index is 12.8. The molecule has 0 radical (unpaired) electrons. The van der Waals surface area contributed by atoms with E-state index in [9.17, 15) is 9.59 Å². The fourth-order valence-corrected chi connectivity index (χ4v) is 4.17. The molecule has 144 valence electrons. The maximum Gasteiger partial charge on any atom is 0.265 e. The molecule has 0 N–H and O–H groups in total. The van der Waals surface area contributed by atoms with E-state index in [0.717, 1.165) is 10.7 Å². The minimum Gasteiger partial charge on any atom is -0.335 e. The van der Waals surface area contributed by atoms with Gasteiger partial charge in [-0.1, -0.05) is 32.9 Å². The molecule has 0 spiro atoms. The number of piperazine rings is 1. The molecule has 0 unspecified atom stereocenters. The summed E-state index contributed by atoms with van der Waals surface area (Å²) in [7, 11) is 0. The van der Waals surface area contributed by atoms with Crippen LogP contribution < -0.4 is 0 Å². The Morgan fingerprint density at radius 1 is 0.926 bits per heavy atom. The van der Waals surface area contributed by atoms with Crippen LogP contribution in [0.4, 0.5) is 0 Å². The summed E-state index contributed by atoms with van der Waals surface area (Å²) in [6.45, 7) is 12.5. The van der Waals surface area contributed by atoms with Gasteiger partial charge >= 0.3 is 0 Å². The van der Waals surface area contributed by atoms with E-state index in [1.807, 2.05) is 47.9 Å². The first kappa shape index (κ1) is 19.5. The third-order valence-corrected chi connectivity index (χ3v) is 6.01. The molecular weight excluding hydrogens is 358 g/mol. The summed E-state index contributed by atoms with van der Waals surface area (Å²) in [4.78, 5) is 34.2. The molecule has 1 aliphatic heterocycles. The Balaban J connectivity index is 1.62. The zero-order valence-corrected chi connectivity index (χ0v) is 17.5. The van der Waals surface area contributed by atoms with Crippen LogP contribution in [-0.4, -0.2) is 52.8 Å². The molecule has 0 saturated carbocycles. The second-order valence-corrected chi connectivity index (χ2v) is 9.26. The average molecular weight is 386 g/mol. The first-order valence-corrected chi connectivity index (χ1v) is 10.1. The Bertz CT molecular complexity index is 841. The van der Waals surface area contributed by atoms with Gasteiger partial charge in [0.15, 0.2) is 0 Å². The first-order valence-electron chi connectivity index (χ1n) is 9.30. The third-order valence-electron chi connectivity index (χ3n) is 4.95. The summed E-state index contributed by atoms with van der Waals surface area (Å²) >= 11 is 1.44. The molecule has 0 atom stereocenters. The fourth-order valence-electron chi connectivity index (χ4n) is 3.28. The van der Waals surface area contributed by atoms with Gasteiger partial charge in [0.25, 0.3) is 11.8 Å². The van der Waals surface area contributed by atoms with Crippen molar-refractivity contribution in [2.24, 2.45) is 0 Å². The van der Waals surface area contributed by atoms with Crippen molar-refractivity contribution < 1.29 is 9.59 Å². The molecule has 2 amide bonds. The predicted octanol–water partition coefficient (Wildman–Crippen LogP) is 3.66. The van der Waals surface area contributed by atoms with Gasteiger partial charge in [-0.2, -0.15) is 0 Å². The van der Waals surface area contributed by atoms with Crippen molar-refractivity contribution >= 4 is 23.2 Å². The quantitative estimate of drug-likeness (QED) is 0.793. The number of benzene rings is 1. The number of hydrogen-bond acceptors (Lipinski definition) is 4. The van der Waals surface area contributed by atoms with Gasteiger partial charge in [-0.15, -0.1) is 11.3 Å². The minimum atomic E-state index is 0.0275. The van der Waals surface area contributed by atoms with E-state index in [4.69, 9.17) is 0 Å². The van der Waals surface area contributed by atoms with Gasteiger partial charge in [-0.25, -0.2) is 4.98 Å². The van der Waals surface area contributed by atoms with E-state index in [2.05, 4.69) is 25.8 Å². The molecule has 6 heteroatoms. The van der Waals surface area contributed by atoms with Crippen molar-refractivity contribution in [2.75, 3.05) is 26.2 Å². The van der Waals surface area contributed by atoms with E-state index >= 15 is 0 Å². The second-order valence-electron chi connectivity index (χ2n) is 8.06. The Kier molecular flexibility index (Phi) is 5.38. The van der Waals surface area contributed by atoms with E-state index in [-0.39, 0.29) is 17.2 Å². The molecule has 0 bridgehead atoms. The first-order chi connectivity index (χ1) is 12.7. The molecule has 2 heterocycles. The molecular formula is C21H27N3O2S. The summed E-state index contributed by atoms with van der Waals surface area (Å²) in [5.74, 6) is 0.0621. The Morgan fingerprint density at radius 3 is 1.89 bits per heavy atom. The lowest BCUT2D eigenvalue weighted by Gasteiger charge is -2.34. The standard InChI is InChI=1S/C21H27N3O2S/c1-14-18(27-15(2)22-14)20(26)24-12-10-23(11-13-24)19(25)16-6-8-17(9-7-16)21(3,4)5/h6-9H,10-13H2,1-5H3. The highest BCUT2D eigenvalue weighted by atomic mass is 32.1. The summed E-state index contributed by atoms with van der Waals surface area (Å²) in [5, 5.41) is 0.906. The highest BCUT2D eigenvalue weighted by molar-refractivity contribution is 7.13. The van der Waals surface area contributed by atoms with Crippen LogP contribution in [0.5, 0.6) is 0 Å². The zero-order valence-electron chi connectivity index (χ0n) is 16.7.